The summed E-state index contributed by atoms with van der Waals surface area (Å²) in [4.78, 5) is 16.5. The number of carbonyl (C=O) groups is 1. The van der Waals surface area contributed by atoms with Gasteiger partial charge in [-0.1, -0.05) is 0 Å². The number of anilines is 2. The summed E-state index contributed by atoms with van der Waals surface area (Å²) in [6.45, 7) is 5.38. The van der Waals surface area contributed by atoms with Crippen molar-refractivity contribution >= 4 is 17.3 Å². The molecular formula is C14H21FN4O. The van der Waals surface area contributed by atoms with Gasteiger partial charge in [0.2, 0.25) is 5.91 Å². The summed E-state index contributed by atoms with van der Waals surface area (Å²) in [6, 6.07) is 3.87. The van der Waals surface area contributed by atoms with E-state index in [1.165, 1.54) is 18.2 Å². The minimum atomic E-state index is -0.474. The fourth-order valence-electron chi connectivity index (χ4n) is 2.25. The van der Waals surface area contributed by atoms with E-state index in [2.05, 4.69) is 22.2 Å². The zero-order valence-electron chi connectivity index (χ0n) is 11.9. The van der Waals surface area contributed by atoms with Gasteiger partial charge in [0.05, 0.1) is 11.7 Å². The van der Waals surface area contributed by atoms with Gasteiger partial charge in [0.1, 0.15) is 5.82 Å². The summed E-state index contributed by atoms with van der Waals surface area (Å²) in [5.74, 6) is -0.683. The van der Waals surface area contributed by atoms with E-state index in [4.69, 9.17) is 5.73 Å². The molecule has 0 radical (unpaired) electrons. The molecule has 20 heavy (non-hydrogen) atoms. The molecule has 0 aromatic heterocycles. The second kappa shape index (κ2) is 6.19. The predicted molar refractivity (Wildman–Crippen MR) is 78.0 cm³/mol. The van der Waals surface area contributed by atoms with Gasteiger partial charge >= 0.3 is 0 Å². The average Bonchev–Trinajstić information content (AvgIpc) is 2.43. The number of halogens is 1. The molecule has 1 aromatic carbocycles. The molecule has 6 heteroatoms. The molecule has 110 valence electrons. The predicted octanol–water partition coefficient (Wildman–Crippen LogP) is 0.982. The van der Waals surface area contributed by atoms with Crippen molar-refractivity contribution in [2.75, 3.05) is 44.3 Å². The van der Waals surface area contributed by atoms with Crippen molar-refractivity contribution in [2.24, 2.45) is 0 Å². The molecule has 0 bridgehead atoms. The van der Waals surface area contributed by atoms with Crippen LogP contribution in [0.2, 0.25) is 0 Å². The molecule has 1 amide bonds. The highest BCUT2D eigenvalue weighted by atomic mass is 19.1. The molecule has 5 nitrogen and oxygen atoms in total. The van der Waals surface area contributed by atoms with Gasteiger partial charge in [-0.3, -0.25) is 9.69 Å². The van der Waals surface area contributed by atoms with Crippen molar-refractivity contribution in [3.05, 3.63) is 24.0 Å². The SMILES string of the molecule is CC(C(=O)Nc1cc(N)ccc1F)N1CCN(C)CC1. The Morgan fingerprint density at radius 1 is 1.35 bits per heavy atom. The van der Waals surface area contributed by atoms with E-state index >= 15 is 0 Å². The van der Waals surface area contributed by atoms with E-state index in [1.54, 1.807) is 0 Å². The van der Waals surface area contributed by atoms with Gasteiger partial charge in [0, 0.05) is 31.9 Å². The highest BCUT2D eigenvalue weighted by Crippen LogP contribution is 2.18. The number of nitrogens with one attached hydrogen (secondary N) is 1. The molecule has 0 aliphatic carbocycles. The Morgan fingerprint density at radius 3 is 2.65 bits per heavy atom. The third kappa shape index (κ3) is 3.46. The Bertz CT molecular complexity index is 486. The number of nitrogens with zero attached hydrogens (tertiary/aromatic N) is 2. The number of hydrogen-bond acceptors (Lipinski definition) is 4. The largest absolute Gasteiger partial charge is 0.399 e. The third-order valence-electron chi connectivity index (χ3n) is 3.71. The van der Waals surface area contributed by atoms with Gasteiger partial charge in [-0.2, -0.15) is 0 Å². The molecule has 3 N–H and O–H groups in total. The van der Waals surface area contributed by atoms with Crippen LogP contribution in [0.5, 0.6) is 0 Å². The smallest absolute Gasteiger partial charge is 0.241 e. The highest BCUT2D eigenvalue weighted by Gasteiger charge is 2.24. The Kier molecular flexibility index (Phi) is 4.57. The lowest BCUT2D eigenvalue weighted by molar-refractivity contribution is -0.121. The zero-order chi connectivity index (χ0) is 14.7. The maximum absolute atomic E-state index is 13.6. The highest BCUT2D eigenvalue weighted by molar-refractivity contribution is 5.95. The molecule has 1 heterocycles. The fraction of sp³-hybridized carbons (Fsp3) is 0.500. The summed E-state index contributed by atoms with van der Waals surface area (Å²) >= 11 is 0. The lowest BCUT2D eigenvalue weighted by Gasteiger charge is -2.35. The van der Waals surface area contributed by atoms with Gasteiger partial charge in [-0.15, -0.1) is 0 Å². The molecule has 1 unspecified atom stereocenters. The number of amides is 1. The lowest BCUT2D eigenvalue weighted by Crippen LogP contribution is -2.51. The van der Waals surface area contributed by atoms with Crippen LogP contribution >= 0.6 is 0 Å². The Hall–Kier alpha value is -1.66. The maximum atomic E-state index is 13.6. The van der Waals surface area contributed by atoms with E-state index in [0.717, 1.165) is 26.2 Å². The summed E-state index contributed by atoms with van der Waals surface area (Å²) in [7, 11) is 2.06. The van der Waals surface area contributed by atoms with Gasteiger partial charge < -0.3 is 16.0 Å². The molecule has 0 spiro atoms. The molecule has 0 saturated carbocycles. The van der Waals surface area contributed by atoms with E-state index in [9.17, 15) is 9.18 Å². The molecular weight excluding hydrogens is 259 g/mol. The van der Waals surface area contributed by atoms with Crippen LogP contribution in [-0.4, -0.2) is 55.0 Å². The van der Waals surface area contributed by atoms with Gasteiger partial charge in [0.15, 0.2) is 0 Å². The lowest BCUT2D eigenvalue weighted by atomic mass is 10.2. The molecule has 1 saturated heterocycles. The molecule has 1 aliphatic rings. The van der Waals surface area contributed by atoms with Crippen molar-refractivity contribution in [2.45, 2.75) is 13.0 Å². The topological polar surface area (TPSA) is 61.6 Å². The molecule has 1 aliphatic heterocycles. The summed E-state index contributed by atoms with van der Waals surface area (Å²) in [6.07, 6.45) is 0. The molecule has 1 atom stereocenters. The van der Waals surface area contributed by atoms with Crippen LogP contribution in [0.25, 0.3) is 0 Å². The van der Waals surface area contributed by atoms with Crippen molar-refractivity contribution in [1.82, 2.24) is 9.80 Å². The monoisotopic (exact) mass is 280 g/mol. The van der Waals surface area contributed by atoms with Gasteiger partial charge in [-0.05, 0) is 32.2 Å². The summed E-state index contributed by atoms with van der Waals surface area (Å²) in [5.41, 5.74) is 6.16. The van der Waals surface area contributed by atoms with Crippen LogP contribution in [0.15, 0.2) is 18.2 Å². The molecule has 1 aromatic rings. The summed E-state index contributed by atoms with van der Waals surface area (Å²) < 4.78 is 13.6. The standard InChI is InChI=1S/C14H21FN4O/c1-10(19-7-5-18(2)6-8-19)14(20)17-13-9-11(16)3-4-12(13)15/h3-4,9-10H,5-8,16H2,1-2H3,(H,17,20). The van der Waals surface area contributed by atoms with Crippen LogP contribution in [0, 0.1) is 5.82 Å². The Labute approximate surface area is 118 Å². The van der Waals surface area contributed by atoms with Crippen LogP contribution in [0.1, 0.15) is 6.92 Å². The first-order valence-corrected chi connectivity index (χ1v) is 6.76. The Morgan fingerprint density at radius 2 is 2.00 bits per heavy atom. The second-order valence-corrected chi connectivity index (χ2v) is 5.24. The van der Waals surface area contributed by atoms with E-state index in [1.807, 2.05) is 6.92 Å². The minimum absolute atomic E-state index is 0.135. The second-order valence-electron chi connectivity index (χ2n) is 5.24. The number of carbonyl (C=O) groups excluding carboxylic acids is 1. The Balaban J connectivity index is 1.99. The van der Waals surface area contributed by atoms with Gasteiger partial charge in [0.25, 0.3) is 0 Å². The summed E-state index contributed by atoms with van der Waals surface area (Å²) in [5, 5.41) is 2.61. The third-order valence-corrected chi connectivity index (χ3v) is 3.71. The average molecular weight is 280 g/mol. The number of nitrogen functional groups attached to an aromatic ring is 1. The van der Waals surface area contributed by atoms with E-state index < -0.39 is 5.82 Å². The minimum Gasteiger partial charge on any atom is -0.399 e. The van der Waals surface area contributed by atoms with Crippen LogP contribution in [0.3, 0.4) is 0 Å². The molecule has 1 fully saturated rings. The fourth-order valence-corrected chi connectivity index (χ4v) is 2.25. The van der Waals surface area contributed by atoms with Crippen molar-refractivity contribution in [3.8, 4) is 0 Å². The number of likely N-dealkylation sites (N-methyl/N-ethyl adjacent to an activating group) is 1. The van der Waals surface area contributed by atoms with Crippen LogP contribution < -0.4 is 11.1 Å². The van der Waals surface area contributed by atoms with Crippen LogP contribution in [0.4, 0.5) is 15.8 Å². The van der Waals surface area contributed by atoms with Crippen LogP contribution in [-0.2, 0) is 4.79 Å². The number of benzene rings is 1. The first-order chi connectivity index (χ1) is 9.47. The number of rotatable bonds is 3. The zero-order valence-corrected chi connectivity index (χ0v) is 11.9. The normalized spacial score (nSPS) is 18.8. The quantitative estimate of drug-likeness (QED) is 0.810. The van der Waals surface area contributed by atoms with Gasteiger partial charge in [-0.25, -0.2) is 4.39 Å². The van der Waals surface area contributed by atoms with E-state index in [0.29, 0.717) is 5.69 Å². The van der Waals surface area contributed by atoms with Crippen molar-refractivity contribution in [1.29, 1.82) is 0 Å². The van der Waals surface area contributed by atoms with E-state index in [-0.39, 0.29) is 17.6 Å². The first-order valence-electron chi connectivity index (χ1n) is 6.76. The first kappa shape index (κ1) is 14.7. The molecule has 2 rings (SSSR count). The maximum Gasteiger partial charge on any atom is 0.241 e. The van der Waals surface area contributed by atoms with Crippen molar-refractivity contribution < 1.29 is 9.18 Å². The van der Waals surface area contributed by atoms with Crippen molar-refractivity contribution in [3.63, 3.8) is 0 Å². The number of nitrogens with two attached hydrogens (primary N) is 1. The number of piperazine rings is 1. The number of hydrogen-bond donors (Lipinski definition) is 2.